The van der Waals surface area contributed by atoms with Crippen LogP contribution in [0.2, 0.25) is 0 Å². The number of hydrogen-bond acceptors (Lipinski definition) is 4. The molecular formula is H4O5SSi2. The van der Waals surface area contributed by atoms with Crippen LogP contribution in [0.5, 0.6) is 0 Å². The minimum atomic E-state index is -3.94. The smallest absolute Gasteiger partial charge is 0.410 e. The van der Waals surface area contributed by atoms with E-state index in [1.54, 1.807) is 0 Å². The largest absolute Gasteiger partial charge is 0.474 e. The highest BCUT2D eigenvalue weighted by Crippen LogP contribution is 2.04. The van der Waals surface area contributed by atoms with Crippen molar-refractivity contribution in [2.75, 3.05) is 0 Å². The van der Waals surface area contributed by atoms with Gasteiger partial charge in [-0.15, -0.1) is 0 Å². The maximum Gasteiger partial charge on any atom is 0.474 e. The SMILES string of the molecule is O=S(=O)(O)[SiH]1O[SiH2]O1. The molecule has 0 unspecified atom stereocenters. The van der Waals surface area contributed by atoms with Crippen LogP contribution in [0.25, 0.3) is 0 Å². The summed E-state index contributed by atoms with van der Waals surface area (Å²) in [6.07, 6.45) is 0. The van der Waals surface area contributed by atoms with Gasteiger partial charge in [0, 0.05) is 0 Å². The molecule has 1 fully saturated rings. The van der Waals surface area contributed by atoms with Crippen LogP contribution in [0.3, 0.4) is 0 Å². The molecule has 1 rings (SSSR count). The van der Waals surface area contributed by atoms with E-state index in [-0.39, 0.29) is 0 Å². The molecule has 0 amide bonds. The molecule has 1 N–H and O–H groups in total. The van der Waals surface area contributed by atoms with E-state index in [1.807, 2.05) is 0 Å². The summed E-state index contributed by atoms with van der Waals surface area (Å²) in [7, 11) is -7.54. The third-order valence-electron chi connectivity index (χ3n) is 0.651. The van der Waals surface area contributed by atoms with Crippen molar-refractivity contribution in [1.82, 2.24) is 0 Å². The van der Waals surface area contributed by atoms with Crippen molar-refractivity contribution in [3.05, 3.63) is 0 Å². The minimum absolute atomic E-state index is 1.000. The number of rotatable bonds is 1. The molecule has 8 heteroatoms. The fourth-order valence-electron chi connectivity index (χ4n) is 0.296. The maximum absolute atomic E-state index is 10.0. The van der Waals surface area contributed by atoms with Gasteiger partial charge in [-0.3, -0.25) is 4.55 Å². The van der Waals surface area contributed by atoms with E-state index in [0.717, 1.165) is 0 Å². The first-order chi connectivity index (χ1) is 3.61. The van der Waals surface area contributed by atoms with Crippen molar-refractivity contribution in [3.63, 3.8) is 0 Å². The maximum atomic E-state index is 10.0. The monoisotopic (exact) mass is 172 g/mol. The van der Waals surface area contributed by atoms with E-state index in [9.17, 15) is 8.42 Å². The summed E-state index contributed by atoms with van der Waals surface area (Å²) in [6, 6.07) is 0. The quantitative estimate of drug-likeness (QED) is 0.354. The molecule has 0 atom stereocenters. The lowest BCUT2D eigenvalue weighted by atomic mass is 15.7. The predicted molar refractivity (Wildman–Crippen MR) is 29.4 cm³/mol. The highest BCUT2D eigenvalue weighted by Gasteiger charge is 2.36. The van der Waals surface area contributed by atoms with Crippen molar-refractivity contribution in [3.8, 4) is 0 Å². The van der Waals surface area contributed by atoms with E-state index >= 15 is 0 Å². The minimum Gasteiger partial charge on any atom is -0.410 e. The van der Waals surface area contributed by atoms with Crippen LogP contribution in [0.4, 0.5) is 0 Å². The Morgan fingerprint density at radius 1 is 1.50 bits per heavy atom. The van der Waals surface area contributed by atoms with Crippen LogP contribution in [0.1, 0.15) is 0 Å². The molecule has 8 heavy (non-hydrogen) atoms. The van der Waals surface area contributed by atoms with E-state index < -0.39 is 28.0 Å². The van der Waals surface area contributed by atoms with Gasteiger partial charge in [-0.25, -0.2) is 8.42 Å². The molecule has 0 bridgehead atoms. The van der Waals surface area contributed by atoms with Crippen LogP contribution in [-0.2, 0) is 17.8 Å². The molecule has 5 nitrogen and oxygen atoms in total. The highest BCUT2D eigenvalue weighted by molar-refractivity contribution is 8.13. The van der Waals surface area contributed by atoms with Crippen LogP contribution in [0.15, 0.2) is 0 Å². The van der Waals surface area contributed by atoms with Gasteiger partial charge in [0.05, 0.1) is 0 Å². The first kappa shape index (κ1) is 6.38. The Labute approximate surface area is 49.9 Å². The van der Waals surface area contributed by atoms with Crippen LogP contribution in [-0.4, -0.2) is 31.4 Å². The molecule has 0 spiro atoms. The molecular weight excluding hydrogens is 168 g/mol. The van der Waals surface area contributed by atoms with E-state index in [4.69, 9.17) is 4.55 Å². The first-order valence-electron chi connectivity index (χ1n) is 1.80. The third-order valence-corrected chi connectivity index (χ3v) is 8.31. The molecule has 48 valence electrons. The summed E-state index contributed by atoms with van der Waals surface area (Å²) in [6.45, 7) is 0. The predicted octanol–water partition coefficient (Wildman–Crippen LogP) is -2.36. The van der Waals surface area contributed by atoms with Gasteiger partial charge in [0.25, 0.3) is 19.6 Å². The standard InChI is InChI=1S/H4O5SSi2/c1-6(2,3)8-4-7-5-8/h8H,7H2,(H,1,2,3). The lowest BCUT2D eigenvalue weighted by molar-refractivity contribution is 0.324. The van der Waals surface area contributed by atoms with Gasteiger partial charge >= 0.3 is 8.43 Å². The Morgan fingerprint density at radius 2 is 2.00 bits per heavy atom. The molecule has 0 aromatic carbocycles. The molecule has 0 saturated carbocycles. The fourth-order valence-corrected chi connectivity index (χ4v) is 6.76. The topological polar surface area (TPSA) is 72.8 Å². The summed E-state index contributed by atoms with van der Waals surface area (Å²) in [5.74, 6) is 0. The van der Waals surface area contributed by atoms with Crippen molar-refractivity contribution >= 4 is 28.0 Å². The molecule has 0 aromatic rings. The van der Waals surface area contributed by atoms with Crippen LogP contribution in [0, 0.1) is 0 Å². The van der Waals surface area contributed by atoms with Gasteiger partial charge in [0.15, 0.2) is 0 Å². The zero-order valence-electron chi connectivity index (χ0n) is 3.77. The number of hydrogen-bond donors (Lipinski definition) is 1. The molecule has 1 aliphatic rings. The Kier molecular flexibility index (Phi) is 1.51. The van der Waals surface area contributed by atoms with Gasteiger partial charge in [-0.2, -0.15) is 0 Å². The molecule has 0 radical (unpaired) electrons. The lowest BCUT2D eigenvalue weighted by Crippen LogP contribution is -2.45. The normalized spacial score (nSPS) is 32.4. The average molecular weight is 172 g/mol. The van der Waals surface area contributed by atoms with Gasteiger partial charge in [-0.05, 0) is 0 Å². The van der Waals surface area contributed by atoms with E-state index in [1.165, 1.54) is 0 Å². The summed E-state index contributed by atoms with van der Waals surface area (Å²) < 4.78 is 37.2. The second kappa shape index (κ2) is 1.89. The summed E-state index contributed by atoms with van der Waals surface area (Å²) in [4.78, 5) is 0. The Bertz CT molecular complexity index is 165. The average Bonchev–Trinajstić information content (AvgIpc) is 1.16. The zero-order chi connectivity index (χ0) is 6.20. The second-order valence-corrected chi connectivity index (χ2v) is 8.71. The lowest BCUT2D eigenvalue weighted by Gasteiger charge is -2.21. The van der Waals surface area contributed by atoms with Crippen molar-refractivity contribution in [1.29, 1.82) is 0 Å². The van der Waals surface area contributed by atoms with Crippen LogP contribution >= 0.6 is 0 Å². The van der Waals surface area contributed by atoms with Gasteiger partial charge in [-0.1, -0.05) is 0 Å². The summed E-state index contributed by atoms with van der Waals surface area (Å²) in [5.41, 5.74) is 0. The Hall–Kier alpha value is 0.264. The summed E-state index contributed by atoms with van der Waals surface area (Å²) >= 11 is 0. The van der Waals surface area contributed by atoms with Crippen molar-refractivity contribution < 1.29 is 21.2 Å². The molecule has 1 saturated heterocycles. The van der Waals surface area contributed by atoms with Gasteiger partial charge in [0.2, 0.25) is 0 Å². The van der Waals surface area contributed by atoms with Gasteiger partial charge in [0.1, 0.15) is 0 Å². The van der Waals surface area contributed by atoms with E-state index in [0.29, 0.717) is 0 Å². The molecule has 0 aliphatic carbocycles. The molecule has 0 aromatic heterocycles. The summed E-state index contributed by atoms with van der Waals surface area (Å²) in [5, 5.41) is 0. The van der Waals surface area contributed by atoms with Crippen molar-refractivity contribution in [2.45, 2.75) is 0 Å². The van der Waals surface area contributed by atoms with E-state index in [2.05, 4.69) is 8.23 Å². The molecule has 1 heterocycles. The highest BCUT2D eigenvalue weighted by atomic mass is 32.4. The third kappa shape index (κ3) is 1.15. The zero-order valence-corrected chi connectivity index (χ0v) is 7.16. The fraction of sp³-hybridized carbons (Fsp3) is 0. The van der Waals surface area contributed by atoms with Crippen LogP contribution < -0.4 is 0 Å². The molecule has 1 aliphatic heterocycles. The Morgan fingerprint density at radius 3 is 2.00 bits per heavy atom. The first-order valence-corrected chi connectivity index (χ1v) is 6.82. The Balaban J connectivity index is 2.60. The van der Waals surface area contributed by atoms with Gasteiger partial charge < -0.3 is 8.23 Å². The van der Waals surface area contributed by atoms with Crippen molar-refractivity contribution in [2.24, 2.45) is 0 Å². The second-order valence-electron chi connectivity index (χ2n) is 1.25.